The Kier molecular flexibility index (Phi) is 8.65. The van der Waals surface area contributed by atoms with Crippen molar-refractivity contribution in [2.75, 3.05) is 20.1 Å². The van der Waals surface area contributed by atoms with Gasteiger partial charge in [0.1, 0.15) is 0 Å². The second kappa shape index (κ2) is 10.0. The van der Waals surface area contributed by atoms with Gasteiger partial charge in [0.05, 0.1) is 0 Å². The van der Waals surface area contributed by atoms with Crippen LogP contribution in [0.4, 0.5) is 0 Å². The van der Waals surface area contributed by atoms with E-state index in [1.807, 2.05) is 7.05 Å². The fourth-order valence-electron chi connectivity index (χ4n) is 2.17. The average Bonchev–Trinajstić information content (AvgIpc) is 3.27. The summed E-state index contributed by atoms with van der Waals surface area (Å²) < 4.78 is 0. The van der Waals surface area contributed by atoms with Crippen LogP contribution in [0.5, 0.6) is 0 Å². The second-order valence-corrected chi connectivity index (χ2v) is 5.25. The van der Waals surface area contributed by atoms with Crippen LogP contribution in [0.2, 0.25) is 0 Å². The fourth-order valence-corrected chi connectivity index (χ4v) is 2.17. The van der Waals surface area contributed by atoms with Gasteiger partial charge in [-0.15, -0.1) is 24.0 Å². The first kappa shape index (κ1) is 17.3. The van der Waals surface area contributed by atoms with Crippen molar-refractivity contribution in [3.8, 4) is 0 Å². The highest BCUT2D eigenvalue weighted by molar-refractivity contribution is 14.0. The molecular weight excluding hydrogens is 361 g/mol. The van der Waals surface area contributed by atoms with Gasteiger partial charge < -0.3 is 10.6 Å². The molecule has 1 saturated carbocycles. The molecule has 1 aromatic rings. The fraction of sp³-hybridized carbons (Fsp3) is 0.562. The van der Waals surface area contributed by atoms with E-state index in [2.05, 4.69) is 46.0 Å². The van der Waals surface area contributed by atoms with Crippen LogP contribution < -0.4 is 10.6 Å². The van der Waals surface area contributed by atoms with Crippen molar-refractivity contribution in [3.63, 3.8) is 0 Å². The number of hydrogen-bond acceptors (Lipinski definition) is 1. The van der Waals surface area contributed by atoms with Gasteiger partial charge in [0, 0.05) is 20.1 Å². The van der Waals surface area contributed by atoms with Crippen LogP contribution in [0.3, 0.4) is 0 Å². The van der Waals surface area contributed by atoms with Crippen LogP contribution in [0.25, 0.3) is 0 Å². The summed E-state index contributed by atoms with van der Waals surface area (Å²) in [5.74, 6) is 1.91. The van der Waals surface area contributed by atoms with E-state index < -0.39 is 0 Å². The minimum absolute atomic E-state index is 0. The van der Waals surface area contributed by atoms with E-state index in [0.717, 1.165) is 37.8 Å². The maximum Gasteiger partial charge on any atom is 0.190 e. The van der Waals surface area contributed by atoms with Crippen LogP contribution >= 0.6 is 24.0 Å². The molecule has 1 aromatic carbocycles. The largest absolute Gasteiger partial charge is 0.356 e. The van der Waals surface area contributed by atoms with Gasteiger partial charge >= 0.3 is 0 Å². The Morgan fingerprint density at radius 1 is 1.15 bits per heavy atom. The third kappa shape index (κ3) is 7.12. The number of hydrogen-bond donors (Lipinski definition) is 2. The number of aryl methyl sites for hydroxylation is 1. The number of rotatable bonds is 7. The molecule has 2 rings (SSSR count). The summed E-state index contributed by atoms with van der Waals surface area (Å²) in [5.41, 5.74) is 1.40. The normalized spacial score (nSPS) is 14.6. The van der Waals surface area contributed by atoms with Crippen molar-refractivity contribution >= 4 is 29.9 Å². The lowest BCUT2D eigenvalue weighted by molar-refractivity contribution is 0.678. The average molecular weight is 387 g/mol. The summed E-state index contributed by atoms with van der Waals surface area (Å²) in [6.07, 6.45) is 6.38. The Morgan fingerprint density at radius 3 is 2.50 bits per heavy atom. The van der Waals surface area contributed by atoms with Gasteiger partial charge in [-0.1, -0.05) is 43.2 Å². The van der Waals surface area contributed by atoms with Gasteiger partial charge in [0.2, 0.25) is 0 Å². The van der Waals surface area contributed by atoms with Crippen LogP contribution in [0.15, 0.2) is 35.3 Å². The number of nitrogens with zero attached hydrogens (tertiary/aromatic N) is 1. The molecule has 0 heterocycles. The van der Waals surface area contributed by atoms with E-state index in [4.69, 9.17) is 0 Å². The van der Waals surface area contributed by atoms with Gasteiger partial charge in [-0.05, 0) is 30.7 Å². The van der Waals surface area contributed by atoms with Crippen molar-refractivity contribution in [1.82, 2.24) is 10.6 Å². The zero-order valence-electron chi connectivity index (χ0n) is 12.3. The van der Waals surface area contributed by atoms with Crippen LogP contribution in [-0.4, -0.2) is 26.1 Å². The molecule has 20 heavy (non-hydrogen) atoms. The highest BCUT2D eigenvalue weighted by Gasteiger charge is 2.20. The third-order valence-corrected chi connectivity index (χ3v) is 3.54. The smallest absolute Gasteiger partial charge is 0.190 e. The lowest BCUT2D eigenvalue weighted by atomic mass is 10.1. The number of benzene rings is 1. The molecule has 0 atom stereocenters. The molecule has 3 nitrogen and oxygen atoms in total. The van der Waals surface area contributed by atoms with Gasteiger partial charge in [-0.25, -0.2) is 0 Å². The lowest BCUT2D eigenvalue weighted by Crippen LogP contribution is -2.38. The zero-order chi connectivity index (χ0) is 13.3. The third-order valence-electron chi connectivity index (χ3n) is 3.54. The van der Waals surface area contributed by atoms with Crippen molar-refractivity contribution in [2.45, 2.75) is 32.1 Å². The molecule has 0 saturated heterocycles. The van der Waals surface area contributed by atoms with E-state index in [1.54, 1.807) is 0 Å². The molecule has 0 amide bonds. The minimum Gasteiger partial charge on any atom is -0.356 e. The molecule has 112 valence electrons. The zero-order valence-corrected chi connectivity index (χ0v) is 14.6. The Morgan fingerprint density at radius 2 is 1.85 bits per heavy atom. The van der Waals surface area contributed by atoms with Gasteiger partial charge in [-0.2, -0.15) is 0 Å². The minimum atomic E-state index is 0. The molecule has 0 aliphatic heterocycles. The topological polar surface area (TPSA) is 36.4 Å². The monoisotopic (exact) mass is 387 g/mol. The molecule has 0 aromatic heterocycles. The molecule has 1 aliphatic carbocycles. The Labute approximate surface area is 139 Å². The number of nitrogens with one attached hydrogen (secondary N) is 2. The summed E-state index contributed by atoms with van der Waals surface area (Å²) in [6.45, 7) is 2.01. The van der Waals surface area contributed by atoms with Crippen LogP contribution in [0, 0.1) is 5.92 Å². The molecule has 0 spiro atoms. The Hall–Kier alpha value is -0.780. The summed E-state index contributed by atoms with van der Waals surface area (Å²) in [6, 6.07) is 10.6. The first-order valence-corrected chi connectivity index (χ1v) is 7.37. The summed E-state index contributed by atoms with van der Waals surface area (Å²) in [7, 11) is 1.84. The maximum atomic E-state index is 4.24. The van der Waals surface area contributed by atoms with Crippen LogP contribution in [0.1, 0.15) is 31.2 Å². The predicted octanol–water partition coefficient (Wildman–Crippen LogP) is 3.20. The van der Waals surface area contributed by atoms with Gasteiger partial charge in [0.25, 0.3) is 0 Å². The van der Waals surface area contributed by atoms with E-state index in [9.17, 15) is 0 Å². The first-order valence-electron chi connectivity index (χ1n) is 7.37. The van der Waals surface area contributed by atoms with E-state index in [-0.39, 0.29) is 24.0 Å². The molecule has 0 radical (unpaired) electrons. The quantitative estimate of drug-likeness (QED) is 0.326. The Balaban J connectivity index is 0.00000200. The van der Waals surface area contributed by atoms with Gasteiger partial charge in [0.15, 0.2) is 5.96 Å². The van der Waals surface area contributed by atoms with E-state index in [1.165, 1.54) is 24.8 Å². The number of halogens is 1. The van der Waals surface area contributed by atoms with Crippen molar-refractivity contribution in [3.05, 3.63) is 35.9 Å². The van der Waals surface area contributed by atoms with Crippen molar-refractivity contribution in [2.24, 2.45) is 10.9 Å². The Bertz CT molecular complexity index is 388. The second-order valence-electron chi connectivity index (χ2n) is 5.25. The van der Waals surface area contributed by atoms with Gasteiger partial charge in [-0.3, -0.25) is 4.99 Å². The summed E-state index contributed by atoms with van der Waals surface area (Å²) >= 11 is 0. The van der Waals surface area contributed by atoms with E-state index >= 15 is 0 Å². The lowest BCUT2D eigenvalue weighted by Gasteiger charge is -2.11. The summed E-state index contributed by atoms with van der Waals surface area (Å²) in [5, 5.41) is 6.75. The van der Waals surface area contributed by atoms with Crippen LogP contribution in [-0.2, 0) is 6.42 Å². The molecule has 1 aliphatic rings. The molecule has 0 unspecified atom stereocenters. The number of aliphatic imine (C=N–C) groups is 1. The standard InChI is InChI=1S/C16H25N3.HI/c1-17-16(19-13-11-15-9-10-15)18-12-5-8-14-6-3-2-4-7-14;/h2-4,6-7,15H,5,8-13H2,1H3,(H2,17,18,19);1H. The predicted molar refractivity (Wildman–Crippen MR) is 96.9 cm³/mol. The summed E-state index contributed by atoms with van der Waals surface area (Å²) in [4.78, 5) is 4.24. The first-order chi connectivity index (χ1) is 9.38. The highest BCUT2D eigenvalue weighted by Crippen LogP contribution is 2.31. The molecule has 0 bridgehead atoms. The van der Waals surface area contributed by atoms with Crippen molar-refractivity contribution in [1.29, 1.82) is 0 Å². The molecule has 2 N–H and O–H groups in total. The van der Waals surface area contributed by atoms with Crippen molar-refractivity contribution < 1.29 is 0 Å². The maximum absolute atomic E-state index is 4.24. The van der Waals surface area contributed by atoms with E-state index in [0.29, 0.717) is 0 Å². The highest BCUT2D eigenvalue weighted by atomic mass is 127. The molecule has 1 fully saturated rings. The number of guanidine groups is 1. The molecular formula is C16H26IN3. The SMILES string of the molecule is CN=C(NCCCc1ccccc1)NCCC1CC1.I. The molecule has 4 heteroatoms.